The summed E-state index contributed by atoms with van der Waals surface area (Å²) in [6.07, 6.45) is 10.0. The van der Waals surface area contributed by atoms with E-state index in [2.05, 4.69) is 48.1 Å². The first kappa shape index (κ1) is 10.5. The van der Waals surface area contributed by atoms with Gasteiger partial charge in [0, 0.05) is 31.9 Å². The number of rotatable bonds is 1. The molecule has 1 heterocycles. The summed E-state index contributed by atoms with van der Waals surface area (Å²) in [4.78, 5) is 4.91. The van der Waals surface area contributed by atoms with Crippen LogP contribution in [0.15, 0.2) is 35.6 Å². The fraction of sp³-hybridized carbons (Fsp3) is 0.538. The maximum absolute atomic E-state index is 2.51. The number of nitrogens with zero attached hydrogens (tertiary/aromatic N) is 2. The molecule has 2 rings (SSSR count). The highest BCUT2D eigenvalue weighted by Crippen LogP contribution is 2.19. The van der Waals surface area contributed by atoms with Crippen LogP contribution in [0.4, 0.5) is 0 Å². The van der Waals surface area contributed by atoms with Crippen LogP contribution in [0.25, 0.3) is 0 Å². The lowest BCUT2D eigenvalue weighted by molar-refractivity contribution is 0.188. The highest BCUT2D eigenvalue weighted by Gasteiger charge is 2.16. The van der Waals surface area contributed by atoms with Crippen LogP contribution in [0.1, 0.15) is 13.3 Å². The molecule has 82 valence electrons. The van der Waals surface area contributed by atoms with Gasteiger partial charge in [0.2, 0.25) is 0 Å². The second-order valence-electron chi connectivity index (χ2n) is 4.39. The van der Waals surface area contributed by atoms with Gasteiger partial charge in [0.25, 0.3) is 0 Å². The predicted octanol–water partition coefficient (Wildman–Crippen LogP) is 2.02. The molecule has 0 bridgehead atoms. The molecule has 0 aromatic rings. The third-order valence-electron chi connectivity index (χ3n) is 3.18. The molecule has 0 radical (unpaired) electrons. The number of piperazine rings is 1. The van der Waals surface area contributed by atoms with Crippen LogP contribution in [-0.2, 0) is 0 Å². The van der Waals surface area contributed by atoms with Gasteiger partial charge in [-0.25, -0.2) is 0 Å². The summed E-state index contributed by atoms with van der Waals surface area (Å²) in [5, 5.41) is 0. The predicted molar refractivity (Wildman–Crippen MR) is 64.7 cm³/mol. The van der Waals surface area contributed by atoms with Crippen LogP contribution in [0.5, 0.6) is 0 Å². The van der Waals surface area contributed by atoms with Crippen LogP contribution in [-0.4, -0.2) is 43.0 Å². The van der Waals surface area contributed by atoms with Gasteiger partial charge >= 0.3 is 0 Å². The summed E-state index contributed by atoms with van der Waals surface area (Å²) in [5.74, 6) is 0. The Morgan fingerprint density at radius 2 is 1.87 bits per heavy atom. The highest BCUT2D eigenvalue weighted by atomic mass is 15.2. The Hall–Kier alpha value is -1.02. The van der Waals surface area contributed by atoms with Crippen LogP contribution >= 0.6 is 0 Å². The monoisotopic (exact) mass is 204 g/mol. The third kappa shape index (κ3) is 2.51. The van der Waals surface area contributed by atoms with Crippen molar-refractivity contribution in [1.82, 2.24) is 9.80 Å². The fourth-order valence-electron chi connectivity index (χ4n) is 2.14. The molecule has 0 spiro atoms. The Bertz CT molecular complexity index is 304. The van der Waals surface area contributed by atoms with E-state index in [0.717, 1.165) is 19.5 Å². The maximum Gasteiger partial charge on any atom is 0.0359 e. The van der Waals surface area contributed by atoms with E-state index in [-0.39, 0.29) is 0 Å². The van der Waals surface area contributed by atoms with Gasteiger partial charge in [-0.2, -0.15) is 0 Å². The maximum atomic E-state index is 2.51. The molecule has 2 nitrogen and oxygen atoms in total. The zero-order valence-electron chi connectivity index (χ0n) is 9.74. The van der Waals surface area contributed by atoms with Crippen molar-refractivity contribution in [2.24, 2.45) is 0 Å². The smallest absolute Gasteiger partial charge is 0.0359 e. The van der Waals surface area contributed by atoms with E-state index in [9.17, 15) is 0 Å². The first-order valence-electron chi connectivity index (χ1n) is 5.75. The van der Waals surface area contributed by atoms with E-state index in [0.29, 0.717) is 0 Å². The van der Waals surface area contributed by atoms with Gasteiger partial charge in [0.05, 0.1) is 0 Å². The van der Waals surface area contributed by atoms with E-state index in [4.69, 9.17) is 0 Å². The molecule has 0 aromatic heterocycles. The van der Waals surface area contributed by atoms with Crippen LogP contribution in [0, 0.1) is 0 Å². The molecule has 0 amide bonds. The minimum Gasteiger partial charge on any atom is -0.369 e. The number of hydrogen-bond acceptors (Lipinski definition) is 2. The third-order valence-corrected chi connectivity index (χ3v) is 3.18. The summed E-state index contributed by atoms with van der Waals surface area (Å²) in [6, 6.07) is 0. The molecular weight excluding hydrogens is 184 g/mol. The van der Waals surface area contributed by atoms with Gasteiger partial charge < -0.3 is 9.80 Å². The molecule has 0 aromatic carbocycles. The number of hydrogen-bond donors (Lipinski definition) is 0. The minimum absolute atomic E-state index is 1.06. The standard InChI is InChI=1S/C13H20N2/c1-12-6-4-3-5-7-13(12)15-10-8-14(2)9-11-15/h3-4,6-7H,5,8-11H2,1-2H3. The first-order chi connectivity index (χ1) is 7.27. The van der Waals surface area contributed by atoms with Crippen molar-refractivity contribution < 1.29 is 0 Å². The molecule has 0 N–H and O–H groups in total. The van der Waals surface area contributed by atoms with E-state index in [1.54, 1.807) is 0 Å². The van der Waals surface area contributed by atoms with Crippen molar-refractivity contribution in [3.8, 4) is 0 Å². The lowest BCUT2D eigenvalue weighted by Crippen LogP contribution is -2.44. The summed E-state index contributed by atoms with van der Waals surface area (Å²) in [6.45, 7) is 6.89. The molecule has 0 atom stereocenters. The first-order valence-corrected chi connectivity index (χ1v) is 5.75. The highest BCUT2D eigenvalue weighted by molar-refractivity contribution is 5.34. The Balaban J connectivity index is 2.07. The lowest BCUT2D eigenvalue weighted by Gasteiger charge is -2.36. The van der Waals surface area contributed by atoms with Gasteiger partial charge in [0.15, 0.2) is 0 Å². The quantitative estimate of drug-likeness (QED) is 0.645. The molecule has 0 saturated carbocycles. The fourth-order valence-corrected chi connectivity index (χ4v) is 2.14. The normalized spacial score (nSPS) is 23.5. The van der Waals surface area contributed by atoms with Crippen molar-refractivity contribution in [2.45, 2.75) is 13.3 Å². The second-order valence-corrected chi connectivity index (χ2v) is 4.39. The molecule has 2 aliphatic rings. The van der Waals surface area contributed by atoms with Gasteiger partial charge in [-0.3, -0.25) is 0 Å². The van der Waals surface area contributed by atoms with Gasteiger partial charge in [-0.05, 0) is 26.0 Å². The second kappa shape index (κ2) is 4.67. The largest absolute Gasteiger partial charge is 0.369 e. The van der Waals surface area contributed by atoms with Crippen molar-refractivity contribution in [3.05, 3.63) is 35.6 Å². The van der Waals surface area contributed by atoms with Gasteiger partial charge in [-0.15, -0.1) is 0 Å². The Morgan fingerprint density at radius 1 is 1.13 bits per heavy atom. The molecule has 2 heteroatoms. The van der Waals surface area contributed by atoms with Gasteiger partial charge in [-0.1, -0.05) is 24.3 Å². The van der Waals surface area contributed by atoms with Crippen molar-refractivity contribution in [3.63, 3.8) is 0 Å². The van der Waals surface area contributed by atoms with E-state index < -0.39 is 0 Å². The van der Waals surface area contributed by atoms with Crippen LogP contribution < -0.4 is 0 Å². The topological polar surface area (TPSA) is 6.48 Å². The van der Waals surface area contributed by atoms with Crippen molar-refractivity contribution in [1.29, 1.82) is 0 Å². The lowest BCUT2D eigenvalue weighted by atomic mass is 10.1. The molecule has 15 heavy (non-hydrogen) atoms. The molecule has 1 aliphatic carbocycles. The van der Waals surface area contributed by atoms with Gasteiger partial charge in [0.1, 0.15) is 0 Å². The SMILES string of the molecule is CC1=CC=CCC=C1N1CCN(C)CC1. The number of likely N-dealkylation sites (N-methyl/N-ethyl adjacent to an activating group) is 1. The Morgan fingerprint density at radius 3 is 2.60 bits per heavy atom. The number of allylic oxidation sites excluding steroid dienone is 5. The molecular formula is C13H20N2. The molecule has 1 aliphatic heterocycles. The van der Waals surface area contributed by atoms with E-state index in [1.165, 1.54) is 24.4 Å². The average molecular weight is 204 g/mol. The van der Waals surface area contributed by atoms with Crippen molar-refractivity contribution >= 4 is 0 Å². The summed E-state index contributed by atoms with van der Waals surface area (Å²) in [7, 11) is 2.20. The summed E-state index contributed by atoms with van der Waals surface area (Å²) >= 11 is 0. The zero-order chi connectivity index (χ0) is 10.7. The zero-order valence-corrected chi connectivity index (χ0v) is 9.74. The molecule has 0 unspecified atom stereocenters. The molecule has 1 saturated heterocycles. The van der Waals surface area contributed by atoms with Crippen molar-refractivity contribution in [2.75, 3.05) is 33.2 Å². The minimum atomic E-state index is 1.06. The Kier molecular flexibility index (Phi) is 3.27. The van der Waals surface area contributed by atoms with Crippen LogP contribution in [0.3, 0.4) is 0 Å². The van der Waals surface area contributed by atoms with E-state index >= 15 is 0 Å². The van der Waals surface area contributed by atoms with Crippen LogP contribution in [0.2, 0.25) is 0 Å². The molecule has 1 fully saturated rings. The Labute approximate surface area is 92.6 Å². The summed E-state index contributed by atoms with van der Waals surface area (Å²) < 4.78 is 0. The average Bonchev–Trinajstić information content (AvgIpc) is 2.44. The summed E-state index contributed by atoms with van der Waals surface area (Å²) in [5.41, 5.74) is 2.83. The van der Waals surface area contributed by atoms with E-state index in [1.807, 2.05) is 0 Å².